The zero-order valence-corrected chi connectivity index (χ0v) is 17.2. The van der Waals surface area contributed by atoms with Crippen molar-refractivity contribution in [1.82, 2.24) is 19.7 Å². The van der Waals surface area contributed by atoms with Crippen LogP contribution in [0.3, 0.4) is 0 Å². The van der Waals surface area contributed by atoms with Crippen LogP contribution in [0.2, 0.25) is 5.02 Å². The molecule has 0 unspecified atom stereocenters. The Bertz CT molecular complexity index is 951. The predicted octanol–water partition coefficient (Wildman–Crippen LogP) is 2.71. The highest BCUT2D eigenvalue weighted by atomic mass is 35.5. The molecule has 0 radical (unpaired) electrons. The average Bonchev–Trinajstić information content (AvgIpc) is 3.32. The molecule has 1 amide bonds. The van der Waals surface area contributed by atoms with E-state index in [-0.39, 0.29) is 36.8 Å². The lowest BCUT2D eigenvalue weighted by molar-refractivity contribution is -0.117. The highest BCUT2D eigenvalue weighted by Crippen LogP contribution is 2.27. The lowest BCUT2D eigenvalue weighted by atomic mass is 9.95. The van der Waals surface area contributed by atoms with Crippen LogP contribution in [0, 0.1) is 0 Å². The summed E-state index contributed by atoms with van der Waals surface area (Å²) in [5.74, 6) is 0.107. The Morgan fingerprint density at radius 2 is 2.00 bits per heavy atom. The number of benzene rings is 2. The average molecular weight is 433 g/mol. The number of carbonyl (C=O) groups excluding carboxylic acids is 1. The van der Waals surface area contributed by atoms with Crippen LogP contribution < -0.4 is 11.1 Å². The van der Waals surface area contributed by atoms with Gasteiger partial charge >= 0.3 is 0 Å². The van der Waals surface area contributed by atoms with Crippen LogP contribution in [0.25, 0.3) is 5.69 Å². The monoisotopic (exact) mass is 432 g/mol. The third-order valence-corrected chi connectivity index (χ3v) is 5.17. The largest absolute Gasteiger partial charge is 0.326 e. The van der Waals surface area contributed by atoms with Crippen molar-refractivity contribution in [3.8, 4) is 5.69 Å². The molecule has 1 saturated heterocycles. The molecular weight excluding hydrogens is 411 g/mol. The fourth-order valence-corrected chi connectivity index (χ4v) is 3.80. The third kappa shape index (κ3) is 4.94. The minimum absolute atomic E-state index is 0. The maximum absolute atomic E-state index is 12.7. The smallest absolute Gasteiger partial charge is 0.238 e. The quantitative estimate of drug-likeness (QED) is 0.646. The van der Waals surface area contributed by atoms with Crippen molar-refractivity contribution in [3.05, 3.63) is 71.8 Å². The van der Waals surface area contributed by atoms with Crippen LogP contribution >= 0.6 is 24.0 Å². The van der Waals surface area contributed by atoms with E-state index in [1.165, 1.54) is 11.9 Å². The number of rotatable bonds is 5. The number of nitrogens with one attached hydrogen (secondary N) is 1. The molecule has 0 spiro atoms. The molecule has 2 aromatic carbocycles. The van der Waals surface area contributed by atoms with Gasteiger partial charge in [-0.05, 0) is 23.8 Å². The number of anilines is 1. The molecule has 1 fully saturated rings. The molecule has 1 aromatic heterocycles. The molecule has 29 heavy (non-hydrogen) atoms. The summed E-state index contributed by atoms with van der Waals surface area (Å²) in [4.78, 5) is 18.7. The van der Waals surface area contributed by atoms with E-state index in [1.807, 2.05) is 18.2 Å². The Hall–Kier alpha value is -2.45. The van der Waals surface area contributed by atoms with E-state index in [2.05, 4.69) is 32.4 Å². The number of nitrogens with two attached hydrogens (primary N) is 1. The number of hydrogen-bond acceptors (Lipinski definition) is 5. The summed E-state index contributed by atoms with van der Waals surface area (Å²) in [5.41, 5.74) is 8.83. The molecule has 152 valence electrons. The van der Waals surface area contributed by atoms with Crippen molar-refractivity contribution in [2.45, 2.75) is 12.0 Å². The van der Waals surface area contributed by atoms with E-state index in [0.717, 1.165) is 6.54 Å². The van der Waals surface area contributed by atoms with E-state index in [0.29, 0.717) is 22.9 Å². The van der Waals surface area contributed by atoms with Gasteiger partial charge in [0.1, 0.15) is 12.7 Å². The van der Waals surface area contributed by atoms with Gasteiger partial charge in [-0.2, -0.15) is 5.10 Å². The van der Waals surface area contributed by atoms with E-state index >= 15 is 0 Å². The molecule has 4 rings (SSSR count). The van der Waals surface area contributed by atoms with Crippen LogP contribution in [0.5, 0.6) is 0 Å². The molecule has 3 aromatic rings. The molecule has 1 aliphatic rings. The van der Waals surface area contributed by atoms with Crippen LogP contribution in [0.1, 0.15) is 11.5 Å². The first-order valence-electron chi connectivity index (χ1n) is 9.07. The van der Waals surface area contributed by atoms with Gasteiger partial charge in [0.15, 0.2) is 0 Å². The van der Waals surface area contributed by atoms with Gasteiger partial charge in [0, 0.05) is 30.1 Å². The van der Waals surface area contributed by atoms with Crippen molar-refractivity contribution in [3.63, 3.8) is 0 Å². The number of likely N-dealkylation sites (tertiary alicyclic amines) is 1. The second kappa shape index (κ2) is 9.37. The molecule has 0 aliphatic carbocycles. The fourth-order valence-electron chi connectivity index (χ4n) is 3.63. The van der Waals surface area contributed by atoms with Crippen molar-refractivity contribution in [2.24, 2.45) is 5.73 Å². The number of nitrogens with zero attached hydrogens (tertiary/aromatic N) is 4. The van der Waals surface area contributed by atoms with Gasteiger partial charge in [0.2, 0.25) is 5.91 Å². The first-order valence-corrected chi connectivity index (χ1v) is 9.45. The Kier molecular flexibility index (Phi) is 6.87. The highest BCUT2D eigenvalue weighted by Gasteiger charge is 2.32. The van der Waals surface area contributed by atoms with Crippen molar-refractivity contribution >= 4 is 35.6 Å². The number of amides is 1. The number of carbonyl (C=O) groups is 1. The Morgan fingerprint density at radius 3 is 2.72 bits per heavy atom. The Balaban J connectivity index is 0.00000240. The third-order valence-electron chi connectivity index (χ3n) is 4.93. The fraction of sp³-hybridized carbons (Fsp3) is 0.250. The van der Waals surface area contributed by atoms with Crippen LogP contribution in [-0.4, -0.2) is 51.2 Å². The summed E-state index contributed by atoms with van der Waals surface area (Å²) in [5, 5.41) is 7.60. The van der Waals surface area contributed by atoms with Gasteiger partial charge in [0.25, 0.3) is 0 Å². The van der Waals surface area contributed by atoms with Gasteiger partial charge in [0.05, 0.1) is 17.9 Å². The molecule has 9 heteroatoms. The van der Waals surface area contributed by atoms with Crippen LogP contribution in [-0.2, 0) is 4.79 Å². The van der Waals surface area contributed by atoms with Gasteiger partial charge in [-0.1, -0.05) is 41.9 Å². The van der Waals surface area contributed by atoms with Crippen molar-refractivity contribution < 1.29 is 4.79 Å². The van der Waals surface area contributed by atoms with Crippen LogP contribution in [0.4, 0.5) is 5.69 Å². The maximum atomic E-state index is 12.7. The van der Waals surface area contributed by atoms with Crippen molar-refractivity contribution in [2.75, 3.05) is 25.0 Å². The zero-order valence-electron chi connectivity index (χ0n) is 15.6. The zero-order chi connectivity index (χ0) is 19.5. The Labute approximate surface area is 180 Å². The standard InChI is InChI=1S/C20H21ClN6O.ClH/c21-15-6-7-19(27-13-23-12-24-27)18(8-15)25-20(28)11-26-9-16(17(22)10-26)14-4-2-1-3-5-14;/h1-8,12-13,16-17H,9-11,22H2,(H,25,28);1H/t16-,17+;/m0./s1. The second-order valence-electron chi connectivity index (χ2n) is 6.92. The van der Waals surface area contributed by atoms with Gasteiger partial charge in [-0.25, -0.2) is 9.67 Å². The molecule has 2 atom stereocenters. The molecule has 7 nitrogen and oxygen atoms in total. The Morgan fingerprint density at radius 1 is 1.21 bits per heavy atom. The first kappa shape index (κ1) is 21.3. The molecule has 0 saturated carbocycles. The SMILES string of the molecule is Cl.N[C@@H]1CN(CC(=O)Nc2cc(Cl)ccc2-n2cncn2)C[C@H]1c1ccccc1. The topological polar surface area (TPSA) is 89.1 Å². The molecule has 0 bridgehead atoms. The van der Waals surface area contributed by atoms with E-state index < -0.39 is 0 Å². The summed E-state index contributed by atoms with van der Waals surface area (Å²) < 4.78 is 1.59. The molecule has 3 N–H and O–H groups in total. The first-order chi connectivity index (χ1) is 13.6. The minimum atomic E-state index is -0.121. The summed E-state index contributed by atoms with van der Waals surface area (Å²) in [6.45, 7) is 1.70. The van der Waals surface area contributed by atoms with Crippen LogP contribution in [0.15, 0.2) is 61.2 Å². The van der Waals surface area contributed by atoms with Gasteiger partial charge in [-0.3, -0.25) is 9.69 Å². The number of aromatic nitrogens is 3. The second-order valence-corrected chi connectivity index (χ2v) is 7.36. The van der Waals surface area contributed by atoms with Gasteiger partial charge in [-0.15, -0.1) is 12.4 Å². The summed E-state index contributed by atoms with van der Waals surface area (Å²) in [6.07, 6.45) is 3.01. The van der Waals surface area contributed by atoms with Crippen molar-refractivity contribution in [1.29, 1.82) is 0 Å². The molecular formula is C20H22Cl2N6O. The van der Waals surface area contributed by atoms with Gasteiger partial charge < -0.3 is 11.1 Å². The van der Waals surface area contributed by atoms with E-state index in [1.54, 1.807) is 29.2 Å². The lowest BCUT2D eigenvalue weighted by Gasteiger charge is -2.17. The van der Waals surface area contributed by atoms with E-state index in [4.69, 9.17) is 17.3 Å². The minimum Gasteiger partial charge on any atom is -0.326 e. The summed E-state index contributed by atoms with van der Waals surface area (Å²) in [6, 6.07) is 15.5. The predicted molar refractivity (Wildman–Crippen MR) is 116 cm³/mol. The number of halogens is 2. The molecule has 2 heterocycles. The van der Waals surface area contributed by atoms with E-state index in [9.17, 15) is 4.79 Å². The summed E-state index contributed by atoms with van der Waals surface area (Å²) >= 11 is 6.11. The summed E-state index contributed by atoms with van der Waals surface area (Å²) in [7, 11) is 0. The highest BCUT2D eigenvalue weighted by molar-refractivity contribution is 6.31. The number of hydrogen-bond donors (Lipinski definition) is 2. The maximum Gasteiger partial charge on any atom is 0.238 e. The lowest BCUT2D eigenvalue weighted by Crippen LogP contribution is -2.34. The normalized spacial score (nSPS) is 19.0. The molecule has 1 aliphatic heterocycles.